The fraction of sp³-hybridized carbons (Fsp3) is 0.667. The number of alkyl carbamates (subject to hydrolysis) is 1. The zero-order valence-corrected chi connectivity index (χ0v) is 32.7. The maximum Gasteiger partial charge on any atom is 0.407 e. The van der Waals surface area contributed by atoms with Gasteiger partial charge in [0.15, 0.2) is 6.04 Å². The highest BCUT2D eigenvalue weighted by atomic mass is 16.6. The molecule has 1 aliphatic carbocycles. The maximum absolute atomic E-state index is 13.7. The molecule has 2 rings (SSSR count). The molecule has 14 heteroatoms. The highest BCUT2D eigenvalue weighted by molar-refractivity contribution is 6.38. The topological polar surface area (TPSA) is 198 Å². The first-order chi connectivity index (χ1) is 24.9. The second kappa shape index (κ2) is 21.9. The molecule has 1 fully saturated rings. The van der Waals surface area contributed by atoms with Crippen molar-refractivity contribution in [3.05, 3.63) is 35.9 Å². The van der Waals surface area contributed by atoms with E-state index in [4.69, 9.17) is 9.47 Å². The summed E-state index contributed by atoms with van der Waals surface area (Å²) in [5.74, 6) is -4.75. The number of Topliss-reactive ketones (excluding diaryl/α,β-unsaturated/α-hetero) is 1. The molecular formula is C39H61N5O9. The van der Waals surface area contributed by atoms with Crippen LogP contribution in [0.25, 0.3) is 0 Å². The summed E-state index contributed by atoms with van der Waals surface area (Å²) in [5.41, 5.74) is -0.349. The van der Waals surface area contributed by atoms with Gasteiger partial charge in [0.05, 0.1) is 19.2 Å². The summed E-state index contributed by atoms with van der Waals surface area (Å²) in [6.45, 7) is 14.0. The van der Waals surface area contributed by atoms with Gasteiger partial charge in [0.25, 0.3) is 5.91 Å². The van der Waals surface area contributed by atoms with E-state index in [0.717, 1.165) is 32.1 Å². The van der Waals surface area contributed by atoms with Crippen LogP contribution in [0.2, 0.25) is 0 Å². The number of hydrogen-bond acceptors (Lipinski definition) is 9. The monoisotopic (exact) mass is 743 g/mol. The van der Waals surface area contributed by atoms with E-state index in [-0.39, 0.29) is 37.2 Å². The standard InChI is InChI=1S/C39H61N5O9/c1-9-16-28(33(46)36(49)40-22-30(45)43-32(27-19-14-11-15-20-27)37(50)53-39(6,7)8)41-34(47)29(21-24(2)3)42-35(48)31(26-17-12-10-13-18-26)44-38(51)52-23-25(4)5/h11,14-15,19-20,24-26,28-29,31-32H,9-10,12-13,16-18,21-23H2,1-8H3,(H,40,49)(H,41,47)(H,42,48)(H,43,45)(H,44,51)/t28?,29-,31-,32-/m0/s1. The first kappa shape index (κ1) is 44.7. The number of benzene rings is 1. The van der Waals surface area contributed by atoms with Crippen LogP contribution in [0, 0.1) is 17.8 Å². The minimum Gasteiger partial charge on any atom is -0.458 e. The quantitative estimate of drug-likeness (QED) is 0.103. The molecule has 5 amide bonds. The van der Waals surface area contributed by atoms with Gasteiger partial charge in [-0.1, -0.05) is 90.6 Å². The van der Waals surface area contributed by atoms with E-state index >= 15 is 0 Å². The van der Waals surface area contributed by atoms with Crippen molar-refractivity contribution in [2.45, 2.75) is 137 Å². The summed E-state index contributed by atoms with van der Waals surface area (Å²) >= 11 is 0. The molecule has 1 saturated carbocycles. The lowest BCUT2D eigenvalue weighted by Gasteiger charge is -2.31. The van der Waals surface area contributed by atoms with E-state index in [1.807, 2.05) is 27.7 Å². The van der Waals surface area contributed by atoms with E-state index in [1.54, 1.807) is 58.0 Å². The third-order valence-electron chi connectivity index (χ3n) is 8.49. The number of ketones is 1. The predicted octanol–water partition coefficient (Wildman–Crippen LogP) is 4.02. The summed E-state index contributed by atoms with van der Waals surface area (Å²) in [7, 11) is 0. The van der Waals surface area contributed by atoms with Gasteiger partial charge in [-0.25, -0.2) is 9.59 Å². The van der Waals surface area contributed by atoms with Gasteiger partial charge in [0, 0.05) is 0 Å². The number of esters is 1. The van der Waals surface area contributed by atoms with Crippen molar-refractivity contribution in [2.24, 2.45) is 17.8 Å². The Balaban J connectivity index is 2.13. The molecular weight excluding hydrogens is 682 g/mol. The van der Waals surface area contributed by atoms with Crippen LogP contribution in [0.15, 0.2) is 30.3 Å². The number of nitrogens with one attached hydrogen (secondary N) is 5. The van der Waals surface area contributed by atoms with Gasteiger partial charge in [-0.15, -0.1) is 0 Å². The Bertz CT molecular complexity index is 1390. The highest BCUT2D eigenvalue weighted by Crippen LogP contribution is 2.27. The molecule has 0 radical (unpaired) electrons. The van der Waals surface area contributed by atoms with Crippen LogP contribution in [0.4, 0.5) is 4.79 Å². The molecule has 1 aromatic carbocycles. The van der Waals surface area contributed by atoms with Crippen molar-refractivity contribution in [1.82, 2.24) is 26.6 Å². The van der Waals surface area contributed by atoms with Crippen molar-refractivity contribution in [2.75, 3.05) is 13.2 Å². The van der Waals surface area contributed by atoms with Gasteiger partial charge >= 0.3 is 12.1 Å². The molecule has 53 heavy (non-hydrogen) atoms. The lowest BCUT2D eigenvalue weighted by atomic mass is 9.83. The number of carbonyl (C=O) groups is 7. The third-order valence-corrected chi connectivity index (χ3v) is 8.49. The van der Waals surface area contributed by atoms with Gasteiger partial charge in [0.2, 0.25) is 23.5 Å². The molecule has 0 saturated heterocycles. The average molecular weight is 744 g/mol. The second-order valence-corrected chi connectivity index (χ2v) is 15.5. The van der Waals surface area contributed by atoms with Crippen molar-refractivity contribution >= 4 is 41.5 Å². The second-order valence-electron chi connectivity index (χ2n) is 15.5. The van der Waals surface area contributed by atoms with Gasteiger partial charge in [-0.2, -0.15) is 0 Å². The van der Waals surface area contributed by atoms with Crippen LogP contribution in [0.3, 0.4) is 0 Å². The highest BCUT2D eigenvalue weighted by Gasteiger charge is 2.36. The van der Waals surface area contributed by atoms with Crippen molar-refractivity contribution in [1.29, 1.82) is 0 Å². The Morgan fingerprint density at radius 1 is 0.792 bits per heavy atom. The zero-order chi connectivity index (χ0) is 39.7. The minimum atomic E-state index is -1.24. The van der Waals surface area contributed by atoms with Gasteiger partial charge in [-0.3, -0.25) is 24.0 Å². The number of carbonyl (C=O) groups excluding carboxylic acids is 7. The Morgan fingerprint density at radius 3 is 1.98 bits per heavy atom. The first-order valence-electron chi connectivity index (χ1n) is 18.8. The molecule has 0 bridgehead atoms. The van der Waals surface area contributed by atoms with Gasteiger partial charge in [0.1, 0.15) is 17.7 Å². The summed E-state index contributed by atoms with van der Waals surface area (Å²) in [6, 6.07) is 4.09. The molecule has 0 heterocycles. The summed E-state index contributed by atoms with van der Waals surface area (Å²) < 4.78 is 10.8. The van der Waals surface area contributed by atoms with Crippen molar-refractivity contribution < 1.29 is 43.0 Å². The van der Waals surface area contributed by atoms with E-state index in [0.29, 0.717) is 12.0 Å². The van der Waals surface area contributed by atoms with E-state index < -0.39 is 77.8 Å². The normalized spacial score (nSPS) is 15.7. The molecule has 296 valence electrons. The van der Waals surface area contributed by atoms with Crippen LogP contribution < -0.4 is 26.6 Å². The van der Waals surface area contributed by atoms with Crippen LogP contribution in [0.1, 0.15) is 118 Å². The van der Waals surface area contributed by atoms with E-state index in [9.17, 15) is 33.6 Å². The number of ether oxygens (including phenoxy) is 2. The fourth-order valence-electron chi connectivity index (χ4n) is 5.97. The number of rotatable bonds is 19. The third kappa shape index (κ3) is 16.4. The number of amides is 5. The molecule has 1 unspecified atom stereocenters. The first-order valence-corrected chi connectivity index (χ1v) is 18.8. The van der Waals surface area contributed by atoms with E-state index in [1.165, 1.54) is 0 Å². The molecule has 0 aliphatic heterocycles. The lowest BCUT2D eigenvalue weighted by molar-refractivity contribution is -0.158. The van der Waals surface area contributed by atoms with Crippen molar-refractivity contribution in [3.63, 3.8) is 0 Å². The fourth-order valence-corrected chi connectivity index (χ4v) is 5.97. The molecule has 14 nitrogen and oxygen atoms in total. The van der Waals surface area contributed by atoms with Crippen LogP contribution in [-0.2, 0) is 38.2 Å². The summed E-state index contributed by atoms with van der Waals surface area (Å²) in [5, 5.41) is 13.0. The maximum atomic E-state index is 13.7. The van der Waals surface area contributed by atoms with Crippen LogP contribution >= 0.6 is 0 Å². The minimum absolute atomic E-state index is 0.0364. The average Bonchev–Trinajstić information content (AvgIpc) is 3.09. The predicted molar refractivity (Wildman–Crippen MR) is 199 cm³/mol. The zero-order valence-electron chi connectivity index (χ0n) is 32.7. The van der Waals surface area contributed by atoms with Gasteiger partial charge in [-0.05, 0) is 69.8 Å². The van der Waals surface area contributed by atoms with Crippen LogP contribution in [-0.4, -0.2) is 78.4 Å². The Hall–Kier alpha value is -4.49. The van der Waals surface area contributed by atoms with E-state index in [2.05, 4.69) is 26.6 Å². The summed E-state index contributed by atoms with van der Waals surface area (Å²) in [4.78, 5) is 92.2. The number of hydrogen-bond donors (Lipinski definition) is 5. The lowest BCUT2D eigenvalue weighted by Crippen LogP contribution is -2.58. The Labute approximate surface area is 314 Å². The van der Waals surface area contributed by atoms with Gasteiger partial charge < -0.3 is 36.1 Å². The molecule has 1 aromatic rings. The smallest absolute Gasteiger partial charge is 0.407 e. The molecule has 0 spiro atoms. The molecule has 5 N–H and O–H groups in total. The Morgan fingerprint density at radius 2 is 1.42 bits per heavy atom. The molecule has 0 aromatic heterocycles. The summed E-state index contributed by atoms with van der Waals surface area (Å²) in [6.07, 6.45) is 4.41. The molecule has 4 atom stereocenters. The molecule has 1 aliphatic rings. The Kier molecular flexibility index (Phi) is 18.5. The largest absolute Gasteiger partial charge is 0.458 e. The van der Waals surface area contributed by atoms with Crippen molar-refractivity contribution in [3.8, 4) is 0 Å². The van der Waals surface area contributed by atoms with Crippen LogP contribution in [0.5, 0.6) is 0 Å². The SMILES string of the molecule is CCCC(NC(=O)[C@H](CC(C)C)NC(=O)[C@@H](NC(=O)OCC(C)C)C1CCCCC1)C(=O)C(=O)NCC(=O)N[C@H](C(=O)OC(C)(C)C)c1ccccc1.